The van der Waals surface area contributed by atoms with Gasteiger partial charge in [-0.05, 0) is 38.3 Å². The highest BCUT2D eigenvalue weighted by atomic mass is 16.5. The van der Waals surface area contributed by atoms with Crippen molar-refractivity contribution in [3.8, 4) is 0 Å². The zero-order valence-electron chi connectivity index (χ0n) is 9.05. The minimum absolute atomic E-state index is 0.269. The van der Waals surface area contributed by atoms with Crippen molar-refractivity contribution in [1.82, 2.24) is 5.32 Å². The molecule has 0 atom stereocenters. The Labute approximate surface area is 86.2 Å². The molecule has 3 heteroatoms. The zero-order chi connectivity index (χ0) is 10.2. The quantitative estimate of drug-likeness (QED) is 0.657. The molecular weight excluding hydrogens is 178 g/mol. The largest absolute Gasteiger partial charge is 0.374 e. The highest BCUT2D eigenvalue weighted by Gasteiger charge is 2.16. The maximum atomic E-state index is 11.4. The highest BCUT2D eigenvalue weighted by molar-refractivity contribution is 5.79. The van der Waals surface area contributed by atoms with E-state index in [1.165, 1.54) is 0 Å². The fraction of sp³-hybridized carbons (Fsp3) is 0.909. The van der Waals surface area contributed by atoms with Gasteiger partial charge in [0.1, 0.15) is 6.61 Å². The summed E-state index contributed by atoms with van der Waals surface area (Å²) in [6.07, 6.45) is 3.98. The summed E-state index contributed by atoms with van der Waals surface area (Å²) in [7, 11) is 0. The highest BCUT2D eigenvalue weighted by Crippen LogP contribution is 2.15. The summed E-state index contributed by atoms with van der Waals surface area (Å²) < 4.78 is 5.22. The standard InChI is InChI=1S/C11H21NO2/c1-2-7-14-9-11(13)8-10-3-5-12-6-4-10/h10,12H,2-9H2,1H3. The van der Waals surface area contributed by atoms with Crippen molar-refractivity contribution in [3.63, 3.8) is 0 Å². The van der Waals surface area contributed by atoms with Gasteiger partial charge in [-0.15, -0.1) is 0 Å². The third-order valence-corrected chi connectivity index (χ3v) is 2.59. The van der Waals surface area contributed by atoms with E-state index in [0.717, 1.165) is 32.4 Å². The van der Waals surface area contributed by atoms with Gasteiger partial charge in [0, 0.05) is 13.0 Å². The number of piperidine rings is 1. The first-order valence-corrected chi connectivity index (χ1v) is 5.63. The van der Waals surface area contributed by atoms with Crippen LogP contribution < -0.4 is 5.32 Å². The summed E-state index contributed by atoms with van der Waals surface area (Å²) in [5.74, 6) is 0.860. The minimum Gasteiger partial charge on any atom is -0.374 e. The Hall–Kier alpha value is -0.410. The Balaban J connectivity index is 2.06. The molecule has 1 saturated heterocycles. The molecule has 0 bridgehead atoms. The Kier molecular flexibility index (Phi) is 5.80. The first-order chi connectivity index (χ1) is 6.83. The average Bonchev–Trinajstić information content (AvgIpc) is 2.20. The second-order valence-corrected chi connectivity index (χ2v) is 3.99. The van der Waals surface area contributed by atoms with Crippen LogP contribution in [0.4, 0.5) is 0 Å². The molecule has 0 aromatic rings. The molecule has 0 unspecified atom stereocenters. The van der Waals surface area contributed by atoms with Crippen LogP contribution in [0.1, 0.15) is 32.6 Å². The van der Waals surface area contributed by atoms with Gasteiger partial charge in [0.05, 0.1) is 0 Å². The summed E-state index contributed by atoms with van der Waals surface area (Å²) in [6, 6.07) is 0. The van der Waals surface area contributed by atoms with Gasteiger partial charge in [-0.2, -0.15) is 0 Å². The third-order valence-electron chi connectivity index (χ3n) is 2.59. The lowest BCUT2D eigenvalue weighted by Crippen LogP contribution is -2.29. The molecule has 0 aliphatic carbocycles. The predicted molar refractivity (Wildman–Crippen MR) is 56.3 cm³/mol. The number of carbonyl (C=O) groups excluding carboxylic acids is 1. The average molecular weight is 199 g/mol. The number of rotatable bonds is 6. The summed E-state index contributed by atoms with van der Waals surface area (Å²) in [5, 5.41) is 3.30. The van der Waals surface area contributed by atoms with Crippen LogP contribution in [0.2, 0.25) is 0 Å². The van der Waals surface area contributed by atoms with Crippen LogP contribution in [0.5, 0.6) is 0 Å². The predicted octanol–water partition coefficient (Wildman–Crippen LogP) is 1.37. The van der Waals surface area contributed by atoms with Crippen LogP contribution in [0.3, 0.4) is 0 Å². The van der Waals surface area contributed by atoms with E-state index in [2.05, 4.69) is 12.2 Å². The Morgan fingerprint density at radius 3 is 2.79 bits per heavy atom. The second-order valence-electron chi connectivity index (χ2n) is 3.99. The normalized spacial score (nSPS) is 18.4. The van der Waals surface area contributed by atoms with E-state index >= 15 is 0 Å². The van der Waals surface area contributed by atoms with Crippen molar-refractivity contribution >= 4 is 5.78 Å². The smallest absolute Gasteiger partial charge is 0.158 e. The van der Waals surface area contributed by atoms with Crippen LogP contribution in [0.25, 0.3) is 0 Å². The molecule has 3 nitrogen and oxygen atoms in total. The molecule has 0 aromatic carbocycles. The third kappa shape index (κ3) is 4.72. The van der Waals surface area contributed by atoms with Crippen LogP contribution in [0.15, 0.2) is 0 Å². The molecule has 0 spiro atoms. The number of hydrogen-bond acceptors (Lipinski definition) is 3. The maximum absolute atomic E-state index is 11.4. The zero-order valence-corrected chi connectivity index (χ0v) is 9.05. The van der Waals surface area contributed by atoms with Gasteiger partial charge in [0.25, 0.3) is 0 Å². The number of ketones is 1. The number of nitrogens with one attached hydrogen (secondary N) is 1. The molecule has 1 fully saturated rings. The van der Waals surface area contributed by atoms with Gasteiger partial charge in [-0.25, -0.2) is 0 Å². The molecule has 1 aliphatic rings. The van der Waals surface area contributed by atoms with E-state index < -0.39 is 0 Å². The van der Waals surface area contributed by atoms with Crippen molar-refractivity contribution in [2.45, 2.75) is 32.6 Å². The van der Waals surface area contributed by atoms with Crippen LogP contribution >= 0.6 is 0 Å². The van der Waals surface area contributed by atoms with E-state index in [0.29, 0.717) is 25.6 Å². The van der Waals surface area contributed by atoms with E-state index in [-0.39, 0.29) is 5.78 Å². The second kappa shape index (κ2) is 6.96. The molecule has 0 radical (unpaired) electrons. The van der Waals surface area contributed by atoms with Gasteiger partial charge in [-0.1, -0.05) is 6.92 Å². The van der Waals surface area contributed by atoms with E-state index in [9.17, 15) is 4.79 Å². The SMILES string of the molecule is CCCOCC(=O)CC1CCNCC1. The van der Waals surface area contributed by atoms with Crippen LogP contribution in [-0.4, -0.2) is 32.1 Å². The van der Waals surface area contributed by atoms with E-state index in [1.807, 2.05) is 0 Å². The minimum atomic E-state index is 0.269. The topological polar surface area (TPSA) is 38.3 Å². The Morgan fingerprint density at radius 1 is 1.43 bits per heavy atom. The maximum Gasteiger partial charge on any atom is 0.158 e. The molecule has 1 aliphatic heterocycles. The lowest BCUT2D eigenvalue weighted by Gasteiger charge is -2.21. The molecule has 14 heavy (non-hydrogen) atoms. The van der Waals surface area contributed by atoms with Crippen molar-refractivity contribution in [1.29, 1.82) is 0 Å². The van der Waals surface area contributed by atoms with Gasteiger partial charge in [0.2, 0.25) is 0 Å². The molecule has 0 amide bonds. The summed E-state index contributed by atoms with van der Waals surface area (Å²) in [4.78, 5) is 11.4. The monoisotopic (exact) mass is 199 g/mol. The van der Waals surface area contributed by atoms with Gasteiger partial charge in [-0.3, -0.25) is 4.79 Å². The summed E-state index contributed by atoms with van der Waals surface area (Å²) in [6.45, 7) is 5.20. The van der Waals surface area contributed by atoms with Crippen LogP contribution in [0, 0.1) is 5.92 Å². The van der Waals surface area contributed by atoms with Crippen molar-refractivity contribution in [3.05, 3.63) is 0 Å². The lowest BCUT2D eigenvalue weighted by molar-refractivity contribution is -0.124. The van der Waals surface area contributed by atoms with Crippen molar-refractivity contribution < 1.29 is 9.53 Å². The summed E-state index contributed by atoms with van der Waals surface area (Å²) >= 11 is 0. The van der Waals surface area contributed by atoms with Crippen molar-refractivity contribution in [2.24, 2.45) is 5.92 Å². The molecule has 0 saturated carbocycles. The fourth-order valence-electron chi connectivity index (χ4n) is 1.80. The van der Waals surface area contributed by atoms with Crippen LogP contribution in [-0.2, 0) is 9.53 Å². The molecule has 1 heterocycles. The summed E-state index contributed by atoms with van der Waals surface area (Å²) in [5.41, 5.74) is 0. The Morgan fingerprint density at radius 2 is 2.14 bits per heavy atom. The molecule has 1 rings (SSSR count). The van der Waals surface area contributed by atoms with Gasteiger partial charge >= 0.3 is 0 Å². The van der Waals surface area contributed by atoms with Gasteiger partial charge in [0.15, 0.2) is 5.78 Å². The first kappa shape index (κ1) is 11.7. The number of Topliss-reactive ketones (excluding diaryl/α,β-unsaturated/α-hetero) is 1. The van der Waals surface area contributed by atoms with Crippen molar-refractivity contribution in [2.75, 3.05) is 26.3 Å². The fourth-order valence-corrected chi connectivity index (χ4v) is 1.80. The molecule has 82 valence electrons. The van der Waals surface area contributed by atoms with E-state index in [4.69, 9.17) is 4.74 Å². The molecule has 1 N–H and O–H groups in total. The van der Waals surface area contributed by atoms with E-state index in [1.54, 1.807) is 0 Å². The Bertz CT molecular complexity index is 165. The lowest BCUT2D eigenvalue weighted by atomic mass is 9.93. The molecule has 0 aromatic heterocycles. The van der Waals surface area contributed by atoms with Gasteiger partial charge < -0.3 is 10.1 Å². The number of hydrogen-bond donors (Lipinski definition) is 1. The number of carbonyl (C=O) groups is 1. The number of ether oxygens (including phenoxy) is 1. The molecular formula is C11H21NO2. The first-order valence-electron chi connectivity index (χ1n) is 5.63.